The molecule has 2 nitrogen and oxygen atoms in total. The smallest absolute Gasteiger partial charge is 0.0512 e. The van der Waals surface area contributed by atoms with E-state index < -0.39 is 0 Å². The van der Waals surface area contributed by atoms with Gasteiger partial charge < -0.3 is 10.2 Å². The Morgan fingerprint density at radius 2 is 1.95 bits per heavy atom. The van der Waals surface area contributed by atoms with E-state index in [1.165, 1.54) is 11.3 Å². The summed E-state index contributed by atoms with van der Waals surface area (Å²) in [7, 11) is 0. The van der Waals surface area contributed by atoms with Crippen LogP contribution in [0, 0.1) is 0 Å². The number of nitrogens with one attached hydrogen (secondary N) is 1. The van der Waals surface area contributed by atoms with Crippen LogP contribution in [0.4, 0.5) is 5.69 Å². The largest absolute Gasteiger partial charge is 0.369 e. The van der Waals surface area contributed by atoms with Crippen LogP contribution in [-0.4, -0.2) is 19.6 Å². The summed E-state index contributed by atoms with van der Waals surface area (Å²) in [5.41, 5.74) is 2.55. The van der Waals surface area contributed by atoms with Crippen molar-refractivity contribution in [3.8, 4) is 0 Å². The van der Waals surface area contributed by atoms with Crippen LogP contribution in [0.5, 0.6) is 0 Å². The SMILES string of the molecule is Clc1ccc(N2CCCNC(c3ccccc3)C2)c(Br)c1. The minimum Gasteiger partial charge on any atom is -0.369 e. The van der Waals surface area contributed by atoms with Gasteiger partial charge >= 0.3 is 0 Å². The first kappa shape index (κ1) is 14.9. The molecule has 1 fully saturated rings. The number of benzene rings is 2. The molecule has 2 aromatic carbocycles. The summed E-state index contributed by atoms with van der Waals surface area (Å²) in [5, 5.41) is 4.41. The Morgan fingerprint density at radius 1 is 1.14 bits per heavy atom. The molecule has 1 N–H and O–H groups in total. The molecule has 0 aromatic heterocycles. The molecule has 3 rings (SSSR count). The van der Waals surface area contributed by atoms with Crippen LogP contribution in [0.1, 0.15) is 18.0 Å². The number of hydrogen-bond donors (Lipinski definition) is 1. The first-order chi connectivity index (χ1) is 10.2. The second-order valence-corrected chi connectivity index (χ2v) is 6.60. The first-order valence-electron chi connectivity index (χ1n) is 7.22. The van der Waals surface area contributed by atoms with Crippen molar-refractivity contribution < 1.29 is 0 Å². The van der Waals surface area contributed by atoms with Gasteiger partial charge in [-0.3, -0.25) is 0 Å². The van der Waals surface area contributed by atoms with Crippen LogP contribution >= 0.6 is 27.5 Å². The van der Waals surface area contributed by atoms with Gasteiger partial charge in [0, 0.05) is 28.6 Å². The fourth-order valence-electron chi connectivity index (χ4n) is 2.79. The summed E-state index contributed by atoms with van der Waals surface area (Å²) in [6, 6.07) is 17.0. The number of nitrogens with zero attached hydrogens (tertiary/aromatic N) is 1. The maximum absolute atomic E-state index is 6.05. The van der Waals surface area contributed by atoms with Gasteiger partial charge in [-0.25, -0.2) is 0 Å². The highest BCUT2D eigenvalue weighted by Gasteiger charge is 2.20. The lowest BCUT2D eigenvalue weighted by Gasteiger charge is -2.27. The second-order valence-electron chi connectivity index (χ2n) is 5.31. The molecule has 0 radical (unpaired) electrons. The van der Waals surface area contributed by atoms with Crippen molar-refractivity contribution in [3.63, 3.8) is 0 Å². The maximum atomic E-state index is 6.05. The molecule has 2 aromatic rings. The van der Waals surface area contributed by atoms with Crippen molar-refractivity contribution in [2.45, 2.75) is 12.5 Å². The van der Waals surface area contributed by atoms with Crippen molar-refractivity contribution in [2.75, 3.05) is 24.5 Å². The van der Waals surface area contributed by atoms with Crippen LogP contribution in [-0.2, 0) is 0 Å². The molecule has 4 heteroatoms. The van der Waals surface area contributed by atoms with E-state index in [9.17, 15) is 0 Å². The summed E-state index contributed by atoms with van der Waals surface area (Å²) < 4.78 is 1.06. The van der Waals surface area contributed by atoms with Gasteiger partial charge in [0.1, 0.15) is 0 Å². The zero-order chi connectivity index (χ0) is 14.7. The standard InChI is InChI=1S/C17H18BrClN2/c18-15-11-14(19)7-8-17(15)21-10-4-9-20-16(12-21)13-5-2-1-3-6-13/h1-3,5-8,11,16,20H,4,9-10,12H2. The predicted molar refractivity (Wildman–Crippen MR) is 93.2 cm³/mol. The molecule has 1 unspecified atom stereocenters. The van der Waals surface area contributed by atoms with Gasteiger partial charge in [-0.2, -0.15) is 0 Å². The molecule has 0 amide bonds. The quantitative estimate of drug-likeness (QED) is 0.834. The molecule has 110 valence electrons. The summed E-state index contributed by atoms with van der Waals surface area (Å²) in [5.74, 6) is 0. The van der Waals surface area contributed by atoms with Gasteiger partial charge in [-0.1, -0.05) is 41.9 Å². The zero-order valence-electron chi connectivity index (χ0n) is 11.7. The Labute approximate surface area is 139 Å². The van der Waals surface area contributed by atoms with E-state index in [1.807, 2.05) is 12.1 Å². The van der Waals surface area contributed by atoms with Gasteiger partial charge in [0.2, 0.25) is 0 Å². The lowest BCUT2D eigenvalue weighted by atomic mass is 10.1. The third-order valence-electron chi connectivity index (χ3n) is 3.85. The van der Waals surface area contributed by atoms with Gasteiger partial charge in [-0.05, 0) is 52.7 Å². The monoisotopic (exact) mass is 364 g/mol. The Kier molecular flexibility index (Phi) is 4.84. The van der Waals surface area contributed by atoms with Crippen LogP contribution < -0.4 is 10.2 Å². The highest BCUT2D eigenvalue weighted by Crippen LogP contribution is 2.31. The topological polar surface area (TPSA) is 15.3 Å². The van der Waals surface area contributed by atoms with Crippen LogP contribution in [0.3, 0.4) is 0 Å². The predicted octanol–water partition coefficient (Wildman–Crippen LogP) is 4.64. The lowest BCUT2D eigenvalue weighted by molar-refractivity contribution is 0.570. The van der Waals surface area contributed by atoms with Crippen molar-refractivity contribution >= 4 is 33.2 Å². The molecular weight excluding hydrogens is 348 g/mol. The van der Waals surface area contributed by atoms with Crippen LogP contribution in [0.15, 0.2) is 53.0 Å². The van der Waals surface area contributed by atoms with Gasteiger partial charge in [0.25, 0.3) is 0 Å². The minimum absolute atomic E-state index is 0.358. The molecule has 1 heterocycles. The second kappa shape index (κ2) is 6.82. The molecule has 0 saturated carbocycles. The molecular formula is C17H18BrClN2. The normalized spacial score (nSPS) is 19.3. The van der Waals surface area contributed by atoms with Crippen LogP contribution in [0.25, 0.3) is 0 Å². The van der Waals surface area contributed by atoms with E-state index in [0.717, 1.165) is 35.6 Å². The Hall–Kier alpha value is -1.03. The van der Waals surface area contributed by atoms with Crippen molar-refractivity contribution in [3.05, 3.63) is 63.6 Å². The third kappa shape index (κ3) is 3.60. The van der Waals surface area contributed by atoms with Crippen LogP contribution in [0.2, 0.25) is 5.02 Å². The Bertz CT molecular complexity index is 603. The highest BCUT2D eigenvalue weighted by molar-refractivity contribution is 9.10. The molecule has 1 atom stereocenters. The van der Waals surface area contributed by atoms with Gasteiger partial charge in [0.15, 0.2) is 0 Å². The van der Waals surface area contributed by atoms with Crippen molar-refractivity contribution in [2.24, 2.45) is 0 Å². The molecule has 1 aliphatic rings. The molecule has 1 saturated heterocycles. The number of halogens is 2. The summed E-state index contributed by atoms with van der Waals surface area (Å²) >= 11 is 9.69. The molecule has 0 spiro atoms. The fourth-order valence-corrected chi connectivity index (χ4v) is 3.72. The molecule has 0 aliphatic carbocycles. The first-order valence-corrected chi connectivity index (χ1v) is 8.39. The van der Waals surface area contributed by atoms with Crippen molar-refractivity contribution in [1.29, 1.82) is 0 Å². The van der Waals surface area contributed by atoms with E-state index in [-0.39, 0.29) is 0 Å². The average Bonchev–Trinajstić information content (AvgIpc) is 2.74. The zero-order valence-corrected chi connectivity index (χ0v) is 14.1. The van der Waals surface area contributed by atoms with E-state index in [0.29, 0.717) is 6.04 Å². The maximum Gasteiger partial charge on any atom is 0.0512 e. The van der Waals surface area contributed by atoms with Gasteiger partial charge in [-0.15, -0.1) is 0 Å². The average molecular weight is 366 g/mol. The summed E-state index contributed by atoms with van der Waals surface area (Å²) in [4.78, 5) is 2.43. The Morgan fingerprint density at radius 3 is 2.71 bits per heavy atom. The number of hydrogen-bond acceptors (Lipinski definition) is 2. The van der Waals surface area contributed by atoms with Crippen molar-refractivity contribution in [1.82, 2.24) is 5.32 Å². The van der Waals surface area contributed by atoms with E-state index in [2.05, 4.69) is 62.5 Å². The minimum atomic E-state index is 0.358. The fraction of sp³-hybridized carbons (Fsp3) is 0.294. The van der Waals surface area contributed by atoms with E-state index in [1.54, 1.807) is 0 Å². The summed E-state index contributed by atoms with van der Waals surface area (Å²) in [6.07, 6.45) is 1.14. The molecule has 1 aliphatic heterocycles. The molecule has 0 bridgehead atoms. The highest BCUT2D eigenvalue weighted by atomic mass is 79.9. The Balaban J connectivity index is 1.85. The number of anilines is 1. The third-order valence-corrected chi connectivity index (χ3v) is 4.72. The van der Waals surface area contributed by atoms with E-state index in [4.69, 9.17) is 11.6 Å². The number of rotatable bonds is 2. The van der Waals surface area contributed by atoms with Gasteiger partial charge in [0.05, 0.1) is 5.69 Å². The lowest BCUT2D eigenvalue weighted by Crippen LogP contribution is -2.31. The molecule has 21 heavy (non-hydrogen) atoms. The van der Waals surface area contributed by atoms with E-state index >= 15 is 0 Å². The summed E-state index contributed by atoms with van der Waals surface area (Å²) in [6.45, 7) is 3.06.